The Kier molecular flexibility index (Phi) is 4.12. The number of anilines is 1. The van der Waals surface area contributed by atoms with E-state index in [1.54, 1.807) is 30.3 Å². The molecule has 0 aromatic heterocycles. The number of benzene rings is 2. The Morgan fingerprint density at radius 1 is 1.04 bits per heavy atom. The Hall–Kier alpha value is -3.02. The van der Waals surface area contributed by atoms with Crippen molar-refractivity contribution in [1.29, 1.82) is 0 Å². The minimum absolute atomic E-state index is 0.213. The number of nitrogens with zero attached hydrogens (tertiary/aromatic N) is 1. The first kappa shape index (κ1) is 15.9. The number of ether oxygens (including phenoxy) is 2. The summed E-state index contributed by atoms with van der Waals surface area (Å²) in [7, 11) is 2.91. The Morgan fingerprint density at radius 2 is 1.67 bits per heavy atom. The number of carboxylic acids is 1. The van der Waals surface area contributed by atoms with Crippen molar-refractivity contribution < 1.29 is 24.2 Å². The van der Waals surface area contributed by atoms with Gasteiger partial charge in [0, 0.05) is 12.1 Å². The molecule has 0 saturated carbocycles. The normalized spacial score (nSPS) is 15.8. The van der Waals surface area contributed by atoms with Gasteiger partial charge in [0.1, 0.15) is 23.1 Å². The van der Waals surface area contributed by atoms with Gasteiger partial charge in [-0.05, 0) is 23.8 Å². The van der Waals surface area contributed by atoms with E-state index < -0.39 is 17.9 Å². The molecule has 0 unspecified atom stereocenters. The van der Waals surface area contributed by atoms with Gasteiger partial charge in [-0.3, -0.25) is 9.69 Å². The van der Waals surface area contributed by atoms with Gasteiger partial charge in [-0.25, -0.2) is 4.79 Å². The van der Waals surface area contributed by atoms with Gasteiger partial charge in [0.05, 0.1) is 14.2 Å². The van der Waals surface area contributed by atoms with Crippen LogP contribution >= 0.6 is 0 Å². The highest BCUT2D eigenvalue weighted by atomic mass is 16.5. The van der Waals surface area contributed by atoms with Gasteiger partial charge in [-0.15, -0.1) is 0 Å². The van der Waals surface area contributed by atoms with Crippen LogP contribution in [0.25, 0.3) is 0 Å². The lowest BCUT2D eigenvalue weighted by Crippen LogP contribution is -2.43. The van der Waals surface area contributed by atoms with E-state index in [-0.39, 0.29) is 12.0 Å². The molecule has 1 aliphatic heterocycles. The van der Waals surface area contributed by atoms with Crippen LogP contribution in [0.3, 0.4) is 0 Å². The van der Waals surface area contributed by atoms with Gasteiger partial charge in [-0.2, -0.15) is 0 Å². The fourth-order valence-electron chi connectivity index (χ4n) is 3.02. The molecule has 24 heavy (non-hydrogen) atoms. The number of methoxy groups -OCH3 is 2. The van der Waals surface area contributed by atoms with Gasteiger partial charge < -0.3 is 14.6 Å². The average molecular weight is 327 g/mol. The molecule has 6 heteroatoms. The quantitative estimate of drug-likeness (QED) is 0.933. The summed E-state index contributed by atoms with van der Waals surface area (Å²) in [5.74, 6) is -0.823. The van der Waals surface area contributed by atoms with Crippen molar-refractivity contribution in [2.45, 2.75) is 12.5 Å². The van der Waals surface area contributed by atoms with Gasteiger partial charge >= 0.3 is 5.97 Å². The first-order valence-electron chi connectivity index (χ1n) is 7.43. The van der Waals surface area contributed by atoms with E-state index in [4.69, 9.17) is 9.47 Å². The van der Waals surface area contributed by atoms with E-state index in [1.807, 2.05) is 12.1 Å². The van der Waals surface area contributed by atoms with E-state index in [1.165, 1.54) is 19.1 Å². The van der Waals surface area contributed by atoms with Gasteiger partial charge in [0.15, 0.2) is 0 Å². The molecule has 0 aliphatic carbocycles. The molecule has 1 amide bonds. The summed E-state index contributed by atoms with van der Waals surface area (Å²) in [6.07, 6.45) is 0.273. The summed E-state index contributed by atoms with van der Waals surface area (Å²) in [4.78, 5) is 26.2. The largest absolute Gasteiger partial charge is 0.496 e. The van der Waals surface area contributed by atoms with Crippen molar-refractivity contribution >= 4 is 17.6 Å². The van der Waals surface area contributed by atoms with E-state index in [0.717, 1.165) is 5.56 Å². The zero-order valence-electron chi connectivity index (χ0n) is 13.4. The Labute approximate surface area is 139 Å². The molecule has 0 bridgehead atoms. The monoisotopic (exact) mass is 327 g/mol. The average Bonchev–Trinajstić information content (AvgIpc) is 3.00. The second-order valence-electron chi connectivity index (χ2n) is 5.40. The fourth-order valence-corrected chi connectivity index (χ4v) is 3.02. The number of aliphatic carboxylic acids is 1. The van der Waals surface area contributed by atoms with E-state index in [2.05, 4.69) is 0 Å². The summed E-state index contributed by atoms with van der Waals surface area (Å²) in [6, 6.07) is 11.2. The van der Waals surface area contributed by atoms with Crippen LogP contribution < -0.4 is 14.4 Å². The highest BCUT2D eigenvalue weighted by Crippen LogP contribution is 2.37. The summed E-state index contributed by atoms with van der Waals surface area (Å²) in [5.41, 5.74) is 1.64. The molecule has 0 saturated heterocycles. The number of carbonyl (C=O) groups excluding carboxylic acids is 1. The number of carboxylic acid groups (broad SMARTS) is 1. The van der Waals surface area contributed by atoms with Crippen LogP contribution in [0.5, 0.6) is 11.5 Å². The number of fused-ring (bicyclic) bond motifs is 1. The standard InChI is InChI=1S/C18H17NO5/c1-23-14-8-5-9-15(24-2)16(14)17(20)19-12-7-4-3-6-11(12)10-13(19)18(21)22/h3-9,13H,10H2,1-2H3,(H,21,22)/t13-/m0/s1. The predicted octanol–water partition coefficient (Wildman–Crippen LogP) is 2.36. The summed E-state index contributed by atoms with van der Waals surface area (Å²) in [6.45, 7) is 0. The minimum atomic E-state index is -1.05. The minimum Gasteiger partial charge on any atom is -0.496 e. The summed E-state index contributed by atoms with van der Waals surface area (Å²) in [5, 5.41) is 9.55. The maximum Gasteiger partial charge on any atom is 0.327 e. The number of hydrogen-bond donors (Lipinski definition) is 1. The van der Waals surface area contributed by atoms with Crippen LogP contribution in [0.2, 0.25) is 0 Å². The third-order valence-corrected chi connectivity index (χ3v) is 4.12. The van der Waals surface area contributed by atoms with E-state index >= 15 is 0 Å². The first-order valence-corrected chi connectivity index (χ1v) is 7.43. The predicted molar refractivity (Wildman–Crippen MR) is 87.9 cm³/mol. The highest BCUT2D eigenvalue weighted by molar-refractivity contribution is 6.13. The Morgan fingerprint density at radius 3 is 2.25 bits per heavy atom. The molecule has 2 aromatic rings. The lowest BCUT2D eigenvalue weighted by molar-refractivity contribution is -0.138. The summed E-state index contributed by atoms with van der Waals surface area (Å²) >= 11 is 0. The number of carbonyl (C=O) groups is 2. The Bertz CT molecular complexity index is 779. The Balaban J connectivity index is 2.14. The number of rotatable bonds is 4. The molecule has 0 fully saturated rings. The molecule has 1 atom stereocenters. The molecule has 1 aliphatic rings. The molecule has 2 aromatic carbocycles. The molecule has 1 heterocycles. The molecule has 124 valence electrons. The van der Waals surface area contributed by atoms with Crippen LogP contribution in [-0.4, -0.2) is 37.2 Å². The zero-order chi connectivity index (χ0) is 17.3. The van der Waals surface area contributed by atoms with Crippen LogP contribution in [0, 0.1) is 0 Å². The van der Waals surface area contributed by atoms with Crippen molar-refractivity contribution in [3.05, 3.63) is 53.6 Å². The zero-order valence-corrected chi connectivity index (χ0v) is 13.4. The van der Waals surface area contributed by atoms with Crippen molar-refractivity contribution in [1.82, 2.24) is 0 Å². The molecule has 1 N–H and O–H groups in total. The number of para-hydroxylation sites is 1. The first-order chi connectivity index (χ1) is 11.6. The highest BCUT2D eigenvalue weighted by Gasteiger charge is 2.40. The third kappa shape index (κ3) is 2.46. The van der Waals surface area contributed by atoms with Gasteiger partial charge in [0.25, 0.3) is 5.91 Å². The lowest BCUT2D eigenvalue weighted by Gasteiger charge is -2.24. The molecule has 0 radical (unpaired) electrons. The van der Waals surface area contributed by atoms with Gasteiger partial charge in [-0.1, -0.05) is 24.3 Å². The smallest absolute Gasteiger partial charge is 0.327 e. The maximum atomic E-state index is 13.2. The molecule has 6 nitrogen and oxygen atoms in total. The molecule has 3 rings (SSSR count). The SMILES string of the molecule is COc1cccc(OC)c1C(=O)N1c2ccccc2C[C@H]1C(=O)O. The maximum absolute atomic E-state index is 13.2. The summed E-state index contributed by atoms with van der Waals surface area (Å²) < 4.78 is 10.6. The van der Waals surface area contributed by atoms with E-state index in [9.17, 15) is 14.7 Å². The van der Waals surface area contributed by atoms with Crippen LogP contribution in [-0.2, 0) is 11.2 Å². The van der Waals surface area contributed by atoms with Crippen LogP contribution in [0.15, 0.2) is 42.5 Å². The second-order valence-corrected chi connectivity index (χ2v) is 5.40. The molecule has 0 spiro atoms. The van der Waals surface area contributed by atoms with Crippen molar-refractivity contribution in [3.63, 3.8) is 0 Å². The topological polar surface area (TPSA) is 76.1 Å². The number of hydrogen-bond acceptors (Lipinski definition) is 4. The number of amides is 1. The molecular formula is C18H17NO5. The van der Waals surface area contributed by atoms with Crippen LogP contribution in [0.1, 0.15) is 15.9 Å². The van der Waals surface area contributed by atoms with Crippen molar-refractivity contribution in [3.8, 4) is 11.5 Å². The van der Waals surface area contributed by atoms with E-state index in [0.29, 0.717) is 17.2 Å². The van der Waals surface area contributed by atoms with Crippen molar-refractivity contribution in [2.24, 2.45) is 0 Å². The van der Waals surface area contributed by atoms with Crippen LogP contribution in [0.4, 0.5) is 5.69 Å². The lowest BCUT2D eigenvalue weighted by atomic mass is 10.1. The van der Waals surface area contributed by atoms with Gasteiger partial charge in [0.2, 0.25) is 0 Å². The second kappa shape index (κ2) is 6.23. The third-order valence-electron chi connectivity index (χ3n) is 4.12. The fraction of sp³-hybridized carbons (Fsp3) is 0.222. The molecular weight excluding hydrogens is 310 g/mol. The van der Waals surface area contributed by atoms with Crippen molar-refractivity contribution in [2.75, 3.05) is 19.1 Å².